The van der Waals surface area contributed by atoms with Gasteiger partial charge in [-0.05, 0) is 75.1 Å². The second kappa shape index (κ2) is 9.11. The maximum atomic E-state index is 13.6. The Kier molecular flexibility index (Phi) is 6.12. The molecule has 0 saturated heterocycles. The molecule has 1 saturated carbocycles. The fraction of sp³-hybridized carbons (Fsp3) is 0.333. The van der Waals surface area contributed by atoms with Crippen LogP contribution in [0.25, 0.3) is 5.69 Å². The molecule has 4 rings (SSSR count). The minimum atomic E-state index is -0.282. The Bertz CT molecular complexity index is 982. The lowest BCUT2D eigenvalue weighted by molar-refractivity contribution is 0.0565. The number of amides is 1. The third-order valence-electron chi connectivity index (χ3n) is 5.54. The molecule has 30 heavy (non-hydrogen) atoms. The van der Waals surface area contributed by atoms with Crippen LogP contribution in [0.5, 0.6) is 5.75 Å². The number of aryl methyl sites for hydroxylation is 1. The second-order valence-electron chi connectivity index (χ2n) is 7.71. The summed E-state index contributed by atoms with van der Waals surface area (Å²) in [4.78, 5) is 15.5. The molecule has 0 atom stereocenters. The number of nitrogens with zero attached hydrogens (tertiary/aromatic N) is 3. The second-order valence-corrected chi connectivity index (χ2v) is 7.71. The van der Waals surface area contributed by atoms with Crippen LogP contribution >= 0.6 is 0 Å². The summed E-state index contributed by atoms with van der Waals surface area (Å²) in [5.74, 6) is 0.392. The Labute approximate surface area is 176 Å². The molecule has 0 aliphatic heterocycles. The zero-order valence-corrected chi connectivity index (χ0v) is 17.1. The normalized spacial score (nSPS) is 13.7. The summed E-state index contributed by atoms with van der Waals surface area (Å²) in [5, 5.41) is 4.31. The molecule has 0 N–H and O–H groups in total. The van der Waals surface area contributed by atoms with Gasteiger partial charge in [0.1, 0.15) is 11.6 Å². The summed E-state index contributed by atoms with van der Waals surface area (Å²) in [5.41, 5.74) is 2.51. The minimum absolute atomic E-state index is 0.0377. The third-order valence-corrected chi connectivity index (χ3v) is 5.54. The van der Waals surface area contributed by atoms with Crippen molar-refractivity contribution in [3.05, 3.63) is 77.9 Å². The Morgan fingerprint density at radius 1 is 1.23 bits per heavy atom. The maximum Gasteiger partial charge on any atom is 0.256 e. The van der Waals surface area contributed by atoms with Gasteiger partial charge in [-0.15, -0.1) is 0 Å². The van der Waals surface area contributed by atoms with Gasteiger partial charge >= 0.3 is 0 Å². The lowest BCUT2D eigenvalue weighted by Gasteiger charge is -2.38. The van der Waals surface area contributed by atoms with Gasteiger partial charge in [-0.1, -0.05) is 11.6 Å². The van der Waals surface area contributed by atoms with E-state index in [4.69, 9.17) is 4.74 Å². The summed E-state index contributed by atoms with van der Waals surface area (Å²) in [6, 6.07) is 14.0. The molecule has 0 bridgehead atoms. The fourth-order valence-electron chi connectivity index (χ4n) is 3.69. The van der Waals surface area contributed by atoms with Gasteiger partial charge in [0.25, 0.3) is 5.91 Å². The van der Waals surface area contributed by atoms with Gasteiger partial charge in [-0.2, -0.15) is 5.10 Å². The Morgan fingerprint density at radius 2 is 2.03 bits per heavy atom. The Balaban J connectivity index is 1.47. The molecule has 1 aliphatic carbocycles. The Morgan fingerprint density at radius 3 is 2.70 bits per heavy atom. The number of benzene rings is 2. The molecule has 1 aromatic heterocycles. The number of ether oxygens (including phenoxy) is 1. The molecule has 0 radical (unpaired) electrons. The maximum absolute atomic E-state index is 13.6. The SMILES string of the molecule is Cc1ccc(-n2cccn2)c(C(=O)N(CCCOc2ccc(F)cc2)C2CCC2)c1. The fourth-order valence-corrected chi connectivity index (χ4v) is 3.69. The van der Waals surface area contributed by atoms with Crippen molar-refractivity contribution in [2.75, 3.05) is 13.2 Å². The Hall–Kier alpha value is -3.15. The number of halogens is 1. The van der Waals surface area contributed by atoms with Crippen molar-refractivity contribution in [1.29, 1.82) is 0 Å². The zero-order valence-electron chi connectivity index (χ0n) is 17.1. The zero-order chi connectivity index (χ0) is 20.9. The van der Waals surface area contributed by atoms with E-state index in [2.05, 4.69) is 5.10 Å². The van der Waals surface area contributed by atoms with Crippen LogP contribution < -0.4 is 4.74 Å². The van der Waals surface area contributed by atoms with E-state index in [1.165, 1.54) is 12.1 Å². The summed E-state index contributed by atoms with van der Waals surface area (Å²) < 4.78 is 20.5. The first-order valence-electron chi connectivity index (χ1n) is 10.4. The molecular weight excluding hydrogens is 381 g/mol. The van der Waals surface area contributed by atoms with Crippen molar-refractivity contribution in [3.8, 4) is 11.4 Å². The largest absolute Gasteiger partial charge is 0.494 e. The van der Waals surface area contributed by atoms with Crippen LogP contribution in [0.2, 0.25) is 0 Å². The van der Waals surface area contributed by atoms with E-state index < -0.39 is 0 Å². The molecule has 156 valence electrons. The van der Waals surface area contributed by atoms with Crippen molar-refractivity contribution in [3.63, 3.8) is 0 Å². The van der Waals surface area contributed by atoms with Gasteiger partial charge in [0, 0.05) is 25.0 Å². The molecule has 1 fully saturated rings. The number of hydrogen-bond donors (Lipinski definition) is 0. The molecular formula is C24H26FN3O2. The van der Waals surface area contributed by atoms with E-state index in [0.717, 1.165) is 30.5 Å². The molecule has 0 spiro atoms. The average Bonchev–Trinajstić information content (AvgIpc) is 3.24. The van der Waals surface area contributed by atoms with Crippen molar-refractivity contribution in [2.45, 2.75) is 38.6 Å². The van der Waals surface area contributed by atoms with Gasteiger partial charge in [0.15, 0.2) is 0 Å². The monoisotopic (exact) mass is 407 g/mol. The number of hydrogen-bond acceptors (Lipinski definition) is 3. The van der Waals surface area contributed by atoms with Gasteiger partial charge in [0.2, 0.25) is 0 Å². The molecule has 3 aromatic rings. The predicted octanol–water partition coefficient (Wildman–Crippen LogP) is 4.78. The van der Waals surface area contributed by atoms with Crippen molar-refractivity contribution >= 4 is 5.91 Å². The van der Waals surface area contributed by atoms with E-state index >= 15 is 0 Å². The van der Waals surface area contributed by atoms with E-state index in [9.17, 15) is 9.18 Å². The summed E-state index contributed by atoms with van der Waals surface area (Å²) in [7, 11) is 0. The van der Waals surface area contributed by atoms with Crippen LogP contribution in [0.4, 0.5) is 4.39 Å². The van der Waals surface area contributed by atoms with Gasteiger partial charge < -0.3 is 9.64 Å². The minimum Gasteiger partial charge on any atom is -0.494 e. The first kappa shape index (κ1) is 20.1. The summed E-state index contributed by atoms with van der Waals surface area (Å²) in [6.07, 6.45) is 7.50. The molecule has 1 aliphatic rings. The van der Waals surface area contributed by atoms with Crippen LogP contribution in [0.3, 0.4) is 0 Å². The van der Waals surface area contributed by atoms with Crippen LogP contribution in [-0.2, 0) is 0 Å². The number of aromatic nitrogens is 2. The van der Waals surface area contributed by atoms with E-state index in [-0.39, 0.29) is 17.8 Å². The van der Waals surface area contributed by atoms with Crippen LogP contribution in [0, 0.1) is 12.7 Å². The summed E-state index contributed by atoms with van der Waals surface area (Å²) >= 11 is 0. The molecule has 5 nitrogen and oxygen atoms in total. The van der Waals surface area contributed by atoms with E-state index in [0.29, 0.717) is 30.9 Å². The van der Waals surface area contributed by atoms with Crippen LogP contribution in [0.1, 0.15) is 41.6 Å². The highest BCUT2D eigenvalue weighted by Gasteiger charge is 2.30. The molecule has 6 heteroatoms. The summed E-state index contributed by atoms with van der Waals surface area (Å²) in [6.45, 7) is 3.09. The molecule has 0 unspecified atom stereocenters. The predicted molar refractivity (Wildman–Crippen MR) is 113 cm³/mol. The quantitative estimate of drug-likeness (QED) is 0.505. The number of rotatable bonds is 8. The third kappa shape index (κ3) is 4.53. The highest BCUT2D eigenvalue weighted by molar-refractivity contribution is 5.98. The van der Waals surface area contributed by atoms with Gasteiger partial charge in [-0.25, -0.2) is 9.07 Å². The molecule has 1 amide bonds. The lowest BCUT2D eigenvalue weighted by Crippen LogP contribution is -2.45. The van der Waals surface area contributed by atoms with Crippen LogP contribution in [0.15, 0.2) is 60.9 Å². The number of carbonyl (C=O) groups is 1. The van der Waals surface area contributed by atoms with Gasteiger partial charge in [0.05, 0.1) is 17.9 Å². The van der Waals surface area contributed by atoms with E-state index in [1.807, 2.05) is 42.3 Å². The standard InChI is InChI=1S/C24H26FN3O2/c1-18-7-12-23(28-15-3-13-26-28)22(17-18)24(29)27(20-5-2-6-20)14-4-16-30-21-10-8-19(25)9-11-21/h3,7-13,15,17,20H,2,4-6,14,16H2,1H3. The van der Waals surface area contributed by atoms with Crippen LogP contribution in [-0.4, -0.2) is 39.8 Å². The number of carbonyl (C=O) groups excluding carboxylic acids is 1. The smallest absolute Gasteiger partial charge is 0.256 e. The highest BCUT2D eigenvalue weighted by atomic mass is 19.1. The topological polar surface area (TPSA) is 47.4 Å². The highest BCUT2D eigenvalue weighted by Crippen LogP contribution is 2.28. The van der Waals surface area contributed by atoms with Crippen molar-refractivity contribution in [1.82, 2.24) is 14.7 Å². The molecule has 1 heterocycles. The molecule has 2 aromatic carbocycles. The van der Waals surface area contributed by atoms with Gasteiger partial charge in [-0.3, -0.25) is 4.79 Å². The van der Waals surface area contributed by atoms with Crippen molar-refractivity contribution < 1.29 is 13.9 Å². The van der Waals surface area contributed by atoms with E-state index in [1.54, 1.807) is 23.0 Å². The van der Waals surface area contributed by atoms with Crippen molar-refractivity contribution in [2.24, 2.45) is 0 Å². The first-order chi connectivity index (χ1) is 14.6. The lowest BCUT2D eigenvalue weighted by atomic mass is 9.90. The average molecular weight is 407 g/mol. The first-order valence-corrected chi connectivity index (χ1v) is 10.4.